The lowest BCUT2D eigenvalue weighted by Crippen LogP contribution is -2.02. The molecule has 0 fully saturated rings. The second-order valence-electron chi connectivity index (χ2n) is 7.74. The third-order valence-electron chi connectivity index (χ3n) is 5.36. The molecule has 0 aliphatic heterocycles. The molecule has 7 heteroatoms. The number of halogens is 6. The molecule has 0 saturated carbocycles. The maximum Gasteiger partial charge on any atom is 0.458 e. The van der Waals surface area contributed by atoms with E-state index in [1.165, 1.54) is 24.1 Å². The fourth-order valence-corrected chi connectivity index (χ4v) is 4.71. The average molecular weight is 488 g/mol. The van der Waals surface area contributed by atoms with Crippen molar-refractivity contribution in [1.82, 2.24) is 0 Å². The molecule has 0 aliphatic carbocycles. The maximum atomic E-state index is 15.3. The molecule has 4 aromatic carbocycles. The third kappa shape index (κ3) is 5.02. The van der Waals surface area contributed by atoms with E-state index >= 15 is 4.39 Å². The van der Waals surface area contributed by atoms with E-state index in [0.29, 0.717) is 10.9 Å². The van der Waals surface area contributed by atoms with Crippen LogP contribution >= 0.6 is 11.8 Å². The third-order valence-corrected chi connectivity index (χ3v) is 6.44. The van der Waals surface area contributed by atoms with Crippen LogP contribution in [0, 0.1) is 29.3 Å². The first-order chi connectivity index (χ1) is 16.2. The summed E-state index contributed by atoms with van der Waals surface area (Å²) >= 11 is 1.71. The van der Waals surface area contributed by atoms with Crippen molar-refractivity contribution in [2.75, 3.05) is 5.75 Å². The lowest BCUT2D eigenvalue weighted by atomic mass is 9.96. The fourth-order valence-electron chi connectivity index (χ4n) is 3.66. The van der Waals surface area contributed by atoms with Gasteiger partial charge >= 0.3 is 6.18 Å². The number of hydrogen-bond acceptors (Lipinski definition) is 1. The summed E-state index contributed by atoms with van der Waals surface area (Å²) in [6.07, 6.45) is -2.68. The van der Waals surface area contributed by atoms with E-state index in [2.05, 4.69) is 6.92 Å². The van der Waals surface area contributed by atoms with Gasteiger partial charge in [-0.2, -0.15) is 13.2 Å². The van der Waals surface area contributed by atoms with Gasteiger partial charge in [0.05, 0.1) is 5.56 Å². The molecule has 0 atom stereocenters. The van der Waals surface area contributed by atoms with Gasteiger partial charge in [0.1, 0.15) is 17.5 Å². The molecular weight excluding hydrogens is 470 g/mol. The van der Waals surface area contributed by atoms with Crippen molar-refractivity contribution in [1.29, 1.82) is 0 Å². The van der Waals surface area contributed by atoms with Crippen LogP contribution in [-0.4, -0.2) is 11.9 Å². The van der Waals surface area contributed by atoms with Crippen LogP contribution in [0.4, 0.5) is 26.3 Å². The molecule has 4 aromatic rings. The van der Waals surface area contributed by atoms with E-state index in [0.717, 1.165) is 40.9 Å². The molecule has 0 bridgehead atoms. The van der Waals surface area contributed by atoms with E-state index < -0.39 is 29.2 Å². The Morgan fingerprint density at radius 1 is 0.824 bits per heavy atom. The monoisotopic (exact) mass is 488 g/mol. The van der Waals surface area contributed by atoms with Crippen molar-refractivity contribution in [3.8, 4) is 23.0 Å². The van der Waals surface area contributed by atoms with Gasteiger partial charge in [-0.25, -0.2) is 13.2 Å². The van der Waals surface area contributed by atoms with Crippen LogP contribution in [-0.2, 0) is 0 Å². The highest BCUT2D eigenvalue weighted by atomic mass is 32.2. The highest BCUT2D eigenvalue weighted by Gasteiger charge is 2.24. The molecule has 4 rings (SSSR count). The highest BCUT2D eigenvalue weighted by Crippen LogP contribution is 2.34. The molecule has 0 saturated heterocycles. The molecule has 0 nitrogen and oxygen atoms in total. The van der Waals surface area contributed by atoms with Crippen molar-refractivity contribution < 1.29 is 26.3 Å². The number of rotatable bonds is 5. The SMILES string of the molecule is CCCCSc1ccc2c(F)c(-c3ccc4c(F)c(C#CC(F)(F)F)c(F)cc4c3)ccc2c1. The summed E-state index contributed by atoms with van der Waals surface area (Å²) in [7, 11) is 0. The van der Waals surface area contributed by atoms with Crippen LogP contribution < -0.4 is 0 Å². The fraction of sp³-hybridized carbons (Fsp3) is 0.185. The number of fused-ring (bicyclic) bond motifs is 2. The van der Waals surface area contributed by atoms with Crippen molar-refractivity contribution in [3.63, 3.8) is 0 Å². The number of hydrogen-bond donors (Lipinski definition) is 0. The van der Waals surface area contributed by atoms with Crippen molar-refractivity contribution in [2.24, 2.45) is 0 Å². The second kappa shape index (κ2) is 9.63. The second-order valence-corrected chi connectivity index (χ2v) is 8.91. The molecular formula is C27H18F6S. The number of unbranched alkanes of at least 4 members (excludes halogenated alkanes) is 1. The molecule has 34 heavy (non-hydrogen) atoms. The number of benzene rings is 4. The Balaban J connectivity index is 1.74. The van der Waals surface area contributed by atoms with Gasteiger partial charge in [0, 0.05) is 27.2 Å². The maximum absolute atomic E-state index is 15.3. The molecule has 0 radical (unpaired) electrons. The molecule has 0 unspecified atom stereocenters. The zero-order valence-electron chi connectivity index (χ0n) is 18.0. The minimum Gasteiger partial charge on any atom is -0.206 e. The van der Waals surface area contributed by atoms with E-state index in [4.69, 9.17) is 0 Å². The lowest BCUT2D eigenvalue weighted by molar-refractivity contribution is -0.0696. The average Bonchev–Trinajstić information content (AvgIpc) is 2.78. The normalized spacial score (nSPS) is 11.6. The van der Waals surface area contributed by atoms with Crippen molar-refractivity contribution in [3.05, 3.63) is 77.6 Å². The Kier molecular flexibility index (Phi) is 6.81. The van der Waals surface area contributed by atoms with Crippen LogP contribution in [0.1, 0.15) is 25.3 Å². The Hall–Kier alpha value is -3.11. The van der Waals surface area contributed by atoms with E-state index in [1.807, 2.05) is 12.1 Å². The number of alkyl halides is 3. The zero-order valence-corrected chi connectivity index (χ0v) is 18.8. The lowest BCUT2D eigenvalue weighted by Gasteiger charge is -2.11. The van der Waals surface area contributed by atoms with Gasteiger partial charge in [-0.15, -0.1) is 11.8 Å². The first kappa shape index (κ1) is 24.0. The standard InChI is InChI=1S/C27H18F6S/c1-2-3-12-34-19-6-9-21-17(14-19)5-7-20(25(21)29)16-4-8-22-18(13-16)15-24(28)23(26(22)30)10-11-27(31,32)33/h4-9,13-15H,2-3,12H2,1H3. The summed E-state index contributed by atoms with van der Waals surface area (Å²) in [6, 6.07) is 13.9. The molecule has 0 spiro atoms. The smallest absolute Gasteiger partial charge is 0.206 e. The summed E-state index contributed by atoms with van der Waals surface area (Å²) in [5.41, 5.74) is -0.314. The van der Waals surface area contributed by atoms with Crippen LogP contribution in [0.3, 0.4) is 0 Å². The predicted molar refractivity (Wildman–Crippen MR) is 125 cm³/mol. The van der Waals surface area contributed by atoms with Gasteiger partial charge in [-0.05, 0) is 52.8 Å². The number of thioether (sulfide) groups is 1. The molecule has 0 amide bonds. The first-order valence-electron chi connectivity index (χ1n) is 10.5. The summed E-state index contributed by atoms with van der Waals surface area (Å²) in [6.45, 7) is 2.12. The van der Waals surface area contributed by atoms with Gasteiger partial charge in [0.25, 0.3) is 0 Å². The Morgan fingerprint density at radius 2 is 1.56 bits per heavy atom. The highest BCUT2D eigenvalue weighted by molar-refractivity contribution is 7.99. The Bertz CT molecular complexity index is 1440. The Labute approximate surface area is 197 Å². The van der Waals surface area contributed by atoms with Gasteiger partial charge in [-0.3, -0.25) is 0 Å². The Morgan fingerprint density at radius 3 is 2.29 bits per heavy atom. The summed E-state index contributed by atoms with van der Waals surface area (Å²) in [5.74, 6) is 0.520. The van der Waals surface area contributed by atoms with Crippen molar-refractivity contribution >= 4 is 33.3 Å². The van der Waals surface area contributed by atoms with Crippen molar-refractivity contribution in [2.45, 2.75) is 30.8 Å². The van der Waals surface area contributed by atoms with Crippen LogP contribution in [0.25, 0.3) is 32.7 Å². The van der Waals surface area contributed by atoms with Gasteiger partial charge in [0.2, 0.25) is 0 Å². The van der Waals surface area contributed by atoms with Gasteiger partial charge < -0.3 is 0 Å². The minimum atomic E-state index is -4.87. The van der Waals surface area contributed by atoms with E-state index in [9.17, 15) is 22.0 Å². The quantitative estimate of drug-likeness (QED) is 0.117. The molecule has 174 valence electrons. The molecule has 0 aromatic heterocycles. The summed E-state index contributed by atoms with van der Waals surface area (Å²) < 4.78 is 81.4. The van der Waals surface area contributed by atoms with E-state index in [1.54, 1.807) is 30.0 Å². The topological polar surface area (TPSA) is 0 Å². The molecule has 0 N–H and O–H groups in total. The van der Waals surface area contributed by atoms with Gasteiger partial charge in [-0.1, -0.05) is 49.6 Å². The van der Waals surface area contributed by atoms with E-state index in [-0.39, 0.29) is 16.3 Å². The van der Waals surface area contributed by atoms with Crippen LogP contribution in [0.2, 0.25) is 0 Å². The minimum absolute atomic E-state index is 0.0900. The molecule has 0 aliphatic rings. The molecule has 0 heterocycles. The summed E-state index contributed by atoms with van der Waals surface area (Å²) in [4.78, 5) is 1.05. The van der Waals surface area contributed by atoms with Gasteiger partial charge in [0.15, 0.2) is 0 Å². The summed E-state index contributed by atoms with van der Waals surface area (Å²) in [5, 5.41) is 1.15. The zero-order chi connectivity index (χ0) is 24.5. The van der Waals surface area contributed by atoms with Crippen LogP contribution in [0.5, 0.6) is 0 Å². The van der Waals surface area contributed by atoms with Crippen LogP contribution in [0.15, 0.2) is 59.5 Å². The first-order valence-corrected chi connectivity index (χ1v) is 11.5. The predicted octanol–water partition coefficient (Wildman–Crippen LogP) is 8.88. The largest absolute Gasteiger partial charge is 0.458 e.